The summed E-state index contributed by atoms with van der Waals surface area (Å²) in [5.41, 5.74) is 1.58. The third-order valence-corrected chi connectivity index (χ3v) is 3.41. The van der Waals surface area contributed by atoms with Crippen LogP contribution in [0.1, 0.15) is 21.5 Å². The molecule has 0 saturated carbocycles. The molecule has 6 heteroatoms. The number of carbonyl (C=O) groups excluding carboxylic acids is 1. The standard InChI is InChI=1S/C19H16N2O4/c1-21-18(22)16(11-20)10-15-4-2-3-5-17(15)25-12-13-6-8-14(9-7-13)19(23)24/h2-10H,12H2,1H3,(H,21,22)(H,23,24)/b16-10-. The number of hydrogen-bond acceptors (Lipinski definition) is 4. The number of carbonyl (C=O) groups is 2. The number of ether oxygens (including phenoxy) is 1. The normalized spacial score (nSPS) is 10.6. The molecule has 2 N–H and O–H groups in total. The molecule has 0 aliphatic carbocycles. The molecule has 0 unspecified atom stereocenters. The van der Waals surface area contributed by atoms with E-state index in [9.17, 15) is 9.59 Å². The summed E-state index contributed by atoms with van der Waals surface area (Å²) >= 11 is 0. The van der Waals surface area contributed by atoms with E-state index in [1.807, 2.05) is 6.07 Å². The number of nitriles is 1. The zero-order chi connectivity index (χ0) is 18.2. The number of carboxylic acids is 1. The second-order valence-electron chi connectivity index (χ2n) is 5.08. The van der Waals surface area contributed by atoms with E-state index in [4.69, 9.17) is 15.1 Å². The van der Waals surface area contributed by atoms with Gasteiger partial charge in [-0.3, -0.25) is 4.79 Å². The predicted octanol–water partition coefficient (Wildman–Crippen LogP) is 2.62. The quantitative estimate of drug-likeness (QED) is 0.624. The molecule has 0 heterocycles. The summed E-state index contributed by atoms with van der Waals surface area (Å²) in [7, 11) is 1.46. The molecule has 25 heavy (non-hydrogen) atoms. The Morgan fingerprint density at radius 1 is 1.20 bits per heavy atom. The van der Waals surface area contributed by atoms with Crippen LogP contribution in [0.2, 0.25) is 0 Å². The Morgan fingerprint density at radius 3 is 2.48 bits per heavy atom. The Kier molecular flexibility index (Phi) is 5.91. The number of benzene rings is 2. The lowest BCUT2D eigenvalue weighted by molar-refractivity contribution is -0.116. The maximum Gasteiger partial charge on any atom is 0.335 e. The molecule has 0 radical (unpaired) electrons. The van der Waals surface area contributed by atoms with Gasteiger partial charge in [0.25, 0.3) is 5.91 Å². The van der Waals surface area contributed by atoms with Gasteiger partial charge in [0, 0.05) is 12.6 Å². The lowest BCUT2D eigenvalue weighted by Crippen LogP contribution is -2.19. The molecule has 0 saturated heterocycles. The highest BCUT2D eigenvalue weighted by Crippen LogP contribution is 2.22. The van der Waals surface area contributed by atoms with Gasteiger partial charge < -0.3 is 15.2 Å². The summed E-state index contributed by atoms with van der Waals surface area (Å²) in [6.07, 6.45) is 1.46. The zero-order valence-electron chi connectivity index (χ0n) is 13.5. The molecule has 126 valence electrons. The van der Waals surface area contributed by atoms with Gasteiger partial charge in [-0.2, -0.15) is 5.26 Å². The minimum atomic E-state index is -0.985. The number of carboxylic acid groups (broad SMARTS) is 1. The largest absolute Gasteiger partial charge is 0.488 e. The van der Waals surface area contributed by atoms with Crippen LogP contribution in [0.25, 0.3) is 6.08 Å². The summed E-state index contributed by atoms with van der Waals surface area (Å²) in [6, 6.07) is 15.2. The molecule has 2 aromatic rings. The third kappa shape index (κ3) is 4.69. The Bertz CT molecular complexity index is 848. The van der Waals surface area contributed by atoms with Crippen LogP contribution in [0.3, 0.4) is 0 Å². The molecule has 0 aliphatic heterocycles. The first-order valence-electron chi connectivity index (χ1n) is 7.43. The van der Waals surface area contributed by atoms with Crippen LogP contribution in [0.4, 0.5) is 0 Å². The fourth-order valence-corrected chi connectivity index (χ4v) is 2.07. The van der Waals surface area contributed by atoms with Crippen LogP contribution in [0, 0.1) is 11.3 Å². The first kappa shape index (κ1) is 17.8. The van der Waals surface area contributed by atoms with E-state index in [1.165, 1.54) is 25.3 Å². The average molecular weight is 336 g/mol. The number of rotatable bonds is 6. The number of nitrogens with zero attached hydrogens (tertiary/aromatic N) is 1. The van der Waals surface area contributed by atoms with Crippen LogP contribution in [-0.4, -0.2) is 24.0 Å². The molecular weight excluding hydrogens is 320 g/mol. The molecule has 1 amide bonds. The number of likely N-dealkylation sites (N-methyl/N-ethyl adjacent to an activating group) is 1. The monoisotopic (exact) mass is 336 g/mol. The molecule has 0 bridgehead atoms. The van der Waals surface area contributed by atoms with Crippen LogP contribution >= 0.6 is 0 Å². The first-order chi connectivity index (χ1) is 12.0. The van der Waals surface area contributed by atoms with E-state index in [1.54, 1.807) is 36.4 Å². The van der Waals surface area contributed by atoms with Crippen LogP contribution in [-0.2, 0) is 11.4 Å². The van der Waals surface area contributed by atoms with Crippen molar-refractivity contribution in [1.29, 1.82) is 5.26 Å². The highest BCUT2D eigenvalue weighted by Gasteiger charge is 2.09. The topological polar surface area (TPSA) is 99.4 Å². The van der Waals surface area contributed by atoms with E-state index < -0.39 is 11.9 Å². The molecule has 2 rings (SSSR count). The van der Waals surface area contributed by atoms with Crippen molar-refractivity contribution in [3.8, 4) is 11.8 Å². The molecule has 0 atom stereocenters. The van der Waals surface area contributed by atoms with Gasteiger partial charge in [-0.15, -0.1) is 0 Å². The fraction of sp³-hybridized carbons (Fsp3) is 0.105. The lowest BCUT2D eigenvalue weighted by Gasteiger charge is -2.10. The minimum Gasteiger partial charge on any atom is -0.488 e. The van der Waals surface area contributed by atoms with Crippen molar-refractivity contribution in [3.63, 3.8) is 0 Å². The number of hydrogen-bond donors (Lipinski definition) is 2. The smallest absolute Gasteiger partial charge is 0.335 e. The van der Waals surface area contributed by atoms with Crippen LogP contribution in [0.15, 0.2) is 54.1 Å². The molecular formula is C19H16N2O4. The van der Waals surface area contributed by atoms with E-state index in [-0.39, 0.29) is 17.7 Å². The zero-order valence-corrected chi connectivity index (χ0v) is 13.5. The minimum absolute atomic E-state index is 0.0237. The van der Waals surface area contributed by atoms with Crippen molar-refractivity contribution in [3.05, 3.63) is 70.8 Å². The van der Waals surface area contributed by atoms with E-state index in [0.29, 0.717) is 11.3 Å². The van der Waals surface area contributed by atoms with Gasteiger partial charge in [0.15, 0.2) is 0 Å². The highest BCUT2D eigenvalue weighted by atomic mass is 16.5. The van der Waals surface area contributed by atoms with Gasteiger partial charge in [-0.1, -0.05) is 30.3 Å². The SMILES string of the molecule is CNC(=O)/C(C#N)=C\c1ccccc1OCc1ccc(C(=O)O)cc1. The summed E-state index contributed by atoms with van der Waals surface area (Å²) in [6.45, 7) is 0.229. The molecule has 0 fully saturated rings. The van der Waals surface area contributed by atoms with E-state index in [0.717, 1.165) is 5.56 Å². The molecule has 0 spiro atoms. The van der Waals surface area contributed by atoms with Crippen molar-refractivity contribution in [2.45, 2.75) is 6.61 Å². The second-order valence-corrected chi connectivity index (χ2v) is 5.08. The maximum atomic E-state index is 11.6. The molecule has 6 nitrogen and oxygen atoms in total. The van der Waals surface area contributed by atoms with Gasteiger partial charge in [0.05, 0.1) is 5.56 Å². The Balaban J connectivity index is 2.18. The van der Waals surface area contributed by atoms with Crippen molar-refractivity contribution >= 4 is 18.0 Å². The van der Waals surface area contributed by atoms with Crippen LogP contribution in [0.5, 0.6) is 5.75 Å². The number of nitrogens with one attached hydrogen (secondary N) is 1. The summed E-state index contributed by atoms with van der Waals surface area (Å²) in [5.74, 6) is -0.941. The van der Waals surface area contributed by atoms with Crippen molar-refractivity contribution < 1.29 is 19.4 Å². The van der Waals surface area contributed by atoms with Crippen molar-refractivity contribution in [2.75, 3.05) is 7.05 Å². The van der Waals surface area contributed by atoms with Gasteiger partial charge in [0.1, 0.15) is 24.0 Å². The maximum absolute atomic E-state index is 11.6. The molecule has 0 aliphatic rings. The van der Waals surface area contributed by atoms with Gasteiger partial charge in [0.2, 0.25) is 0 Å². The number of amides is 1. The predicted molar refractivity (Wildman–Crippen MR) is 91.8 cm³/mol. The summed E-state index contributed by atoms with van der Waals surface area (Å²) in [4.78, 5) is 22.5. The lowest BCUT2D eigenvalue weighted by atomic mass is 10.1. The van der Waals surface area contributed by atoms with Gasteiger partial charge >= 0.3 is 5.97 Å². The van der Waals surface area contributed by atoms with Crippen molar-refractivity contribution in [1.82, 2.24) is 5.32 Å². The molecule has 2 aromatic carbocycles. The van der Waals surface area contributed by atoms with Gasteiger partial charge in [-0.05, 0) is 29.8 Å². The Labute approximate surface area is 145 Å². The number of para-hydroxylation sites is 1. The number of aromatic carboxylic acids is 1. The Morgan fingerprint density at radius 2 is 1.88 bits per heavy atom. The second kappa shape index (κ2) is 8.31. The van der Waals surface area contributed by atoms with Crippen molar-refractivity contribution in [2.24, 2.45) is 0 Å². The highest BCUT2D eigenvalue weighted by molar-refractivity contribution is 6.01. The average Bonchev–Trinajstić information content (AvgIpc) is 2.64. The fourth-order valence-electron chi connectivity index (χ4n) is 2.07. The van der Waals surface area contributed by atoms with Crippen LogP contribution < -0.4 is 10.1 Å². The van der Waals surface area contributed by atoms with E-state index >= 15 is 0 Å². The molecule has 0 aromatic heterocycles. The summed E-state index contributed by atoms with van der Waals surface area (Å²) < 4.78 is 5.75. The summed E-state index contributed by atoms with van der Waals surface area (Å²) in [5, 5.41) is 20.4. The van der Waals surface area contributed by atoms with E-state index in [2.05, 4.69) is 5.32 Å². The van der Waals surface area contributed by atoms with Gasteiger partial charge in [-0.25, -0.2) is 4.79 Å². The third-order valence-electron chi connectivity index (χ3n) is 3.41. The first-order valence-corrected chi connectivity index (χ1v) is 7.43. The Hall–Kier alpha value is -3.59.